The molecule has 0 N–H and O–H groups in total. The van der Waals surface area contributed by atoms with E-state index >= 15 is 0 Å². The maximum atomic E-state index is 12.5. The van der Waals surface area contributed by atoms with Gasteiger partial charge in [-0.3, -0.25) is 14.2 Å². The van der Waals surface area contributed by atoms with E-state index < -0.39 is 0 Å². The molecular weight excluding hydrogens is 294 g/mol. The first-order valence-corrected chi connectivity index (χ1v) is 7.98. The number of amides is 1. The van der Waals surface area contributed by atoms with Crippen LogP contribution in [0.25, 0.3) is 10.9 Å². The van der Waals surface area contributed by atoms with E-state index in [-0.39, 0.29) is 18.0 Å². The lowest BCUT2D eigenvalue weighted by Crippen LogP contribution is -2.39. The zero-order valence-corrected chi connectivity index (χ0v) is 13.3. The predicted octanol–water partition coefficient (Wildman–Crippen LogP) is 1.28. The average Bonchev–Trinajstić information content (AvgIpc) is 3.08. The molecule has 1 aromatic carbocycles. The van der Waals surface area contributed by atoms with E-state index in [0.29, 0.717) is 36.5 Å². The van der Waals surface area contributed by atoms with Crippen LogP contribution in [0.1, 0.15) is 13.3 Å². The first kappa shape index (κ1) is 15.7. The smallest absolute Gasteiger partial charge is 0.261 e. The summed E-state index contributed by atoms with van der Waals surface area (Å²) in [6, 6.07) is 7.17. The van der Waals surface area contributed by atoms with Crippen molar-refractivity contribution in [2.45, 2.75) is 19.9 Å². The summed E-state index contributed by atoms with van der Waals surface area (Å²) < 4.78 is 6.75. The lowest BCUT2D eigenvalue weighted by Gasteiger charge is -2.24. The molecule has 1 atom stereocenters. The van der Waals surface area contributed by atoms with Crippen LogP contribution in [0.5, 0.6) is 0 Å². The van der Waals surface area contributed by atoms with Gasteiger partial charge in [0.1, 0.15) is 6.54 Å². The summed E-state index contributed by atoms with van der Waals surface area (Å²) in [5.74, 6) is 0.337. The molecule has 23 heavy (non-hydrogen) atoms. The Labute approximate surface area is 134 Å². The number of ether oxygens (including phenoxy) is 1. The van der Waals surface area contributed by atoms with Crippen molar-refractivity contribution in [2.75, 3.05) is 26.3 Å². The minimum atomic E-state index is -0.177. The van der Waals surface area contributed by atoms with Crippen molar-refractivity contribution in [3.05, 3.63) is 40.9 Å². The fraction of sp³-hybridized carbons (Fsp3) is 0.471. The van der Waals surface area contributed by atoms with Gasteiger partial charge in [0.25, 0.3) is 5.56 Å². The molecular formula is C17H21N3O3. The van der Waals surface area contributed by atoms with Crippen LogP contribution in [-0.2, 0) is 16.1 Å². The molecule has 0 unspecified atom stereocenters. The van der Waals surface area contributed by atoms with Gasteiger partial charge in [-0.15, -0.1) is 0 Å². The Hall–Kier alpha value is -2.21. The Bertz CT molecular complexity index is 750. The fourth-order valence-corrected chi connectivity index (χ4v) is 2.91. The van der Waals surface area contributed by atoms with Gasteiger partial charge in [-0.2, -0.15) is 0 Å². The van der Waals surface area contributed by atoms with Crippen LogP contribution in [0.3, 0.4) is 0 Å². The van der Waals surface area contributed by atoms with Crippen LogP contribution in [-0.4, -0.2) is 46.7 Å². The molecule has 0 saturated carbocycles. The van der Waals surface area contributed by atoms with E-state index in [0.717, 1.165) is 13.0 Å². The van der Waals surface area contributed by atoms with E-state index in [4.69, 9.17) is 4.74 Å². The highest BCUT2D eigenvalue weighted by molar-refractivity contribution is 5.79. The van der Waals surface area contributed by atoms with Crippen LogP contribution in [0, 0.1) is 5.92 Å². The lowest BCUT2D eigenvalue weighted by molar-refractivity contribution is -0.132. The summed E-state index contributed by atoms with van der Waals surface area (Å²) in [6.07, 6.45) is 2.44. The van der Waals surface area contributed by atoms with Gasteiger partial charge in [0, 0.05) is 25.6 Å². The van der Waals surface area contributed by atoms with Crippen LogP contribution in [0.2, 0.25) is 0 Å². The Morgan fingerprint density at radius 2 is 2.26 bits per heavy atom. The van der Waals surface area contributed by atoms with Crippen molar-refractivity contribution >= 4 is 16.8 Å². The molecule has 6 nitrogen and oxygen atoms in total. The van der Waals surface area contributed by atoms with Gasteiger partial charge in [-0.1, -0.05) is 12.1 Å². The van der Waals surface area contributed by atoms with Gasteiger partial charge in [0.15, 0.2) is 0 Å². The second-order valence-corrected chi connectivity index (χ2v) is 5.86. The minimum Gasteiger partial charge on any atom is -0.381 e. The van der Waals surface area contributed by atoms with Crippen molar-refractivity contribution in [1.29, 1.82) is 0 Å². The molecule has 0 radical (unpaired) electrons. The van der Waals surface area contributed by atoms with Crippen molar-refractivity contribution in [3.63, 3.8) is 0 Å². The molecule has 122 valence electrons. The van der Waals surface area contributed by atoms with Crippen molar-refractivity contribution in [1.82, 2.24) is 14.5 Å². The number of fused-ring (bicyclic) bond motifs is 1. The van der Waals surface area contributed by atoms with Gasteiger partial charge in [0.05, 0.1) is 23.8 Å². The third kappa shape index (κ3) is 3.42. The third-order valence-corrected chi connectivity index (χ3v) is 4.27. The number of likely N-dealkylation sites (N-methyl/N-ethyl adjacent to an activating group) is 1. The predicted molar refractivity (Wildman–Crippen MR) is 87.2 cm³/mol. The minimum absolute atomic E-state index is 0.0259. The molecule has 2 aromatic rings. The summed E-state index contributed by atoms with van der Waals surface area (Å²) in [5.41, 5.74) is 0.473. The first-order chi connectivity index (χ1) is 11.2. The largest absolute Gasteiger partial charge is 0.381 e. The molecule has 2 heterocycles. The normalized spacial score (nSPS) is 17.5. The molecule has 6 heteroatoms. The number of benzene rings is 1. The van der Waals surface area contributed by atoms with E-state index in [1.807, 2.05) is 13.0 Å². The molecule has 1 saturated heterocycles. The molecule has 1 fully saturated rings. The van der Waals surface area contributed by atoms with Gasteiger partial charge in [-0.05, 0) is 25.5 Å². The summed E-state index contributed by atoms with van der Waals surface area (Å²) in [6.45, 7) is 4.77. The maximum Gasteiger partial charge on any atom is 0.261 e. The Balaban J connectivity index is 1.76. The van der Waals surface area contributed by atoms with Crippen molar-refractivity contribution in [3.8, 4) is 0 Å². The second kappa shape index (κ2) is 6.91. The standard InChI is InChI=1S/C17H21N3O3/c1-2-19(9-13-7-8-23-11-13)16(21)10-20-12-18-15-6-4-3-5-14(15)17(20)22/h3-6,12-13H,2,7-11H2,1H3/t13-/m1/s1. The van der Waals surface area contributed by atoms with Crippen LogP contribution in [0.4, 0.5) is 0 Å². The summed E-state index contributed by atoms with van der Waals surface area (Å²) in [4.78, 5) is 31.0. The van der Waals surface area contributed by atoms with E-state index in [1.54, 1.807) is 23.1 Å². The molecule has 1 aliphatic heterocycles. The molecule has 1 aliphatic rings. The Morgan fingerprint density at radius 1 is 1.43 bits per heavy atom. The van der Waals surface area contributed by atoms with Crippen LogP contribution >= 0.6 is 0 Å². The first-order valence-electron chi connectivity index (χ1n) is 7.98. The van der Waals surface area contributed by atoms with Crippen molar-refractivity contribution < 1.29 is 9.53 Å². The highest BCUT2D eigenvalue weighted by Crippen LogP contribution is 2.14. The van der Waals surface area contributed by atoms with Gasteiger partial charge >= 0.3 is 0 Å². The van der Waals surface area contributed by atoms with E-state index in [1.165, 1.54) is 10.9 Å². The number of carbonyl (C=O) groups excluding carboxylic acids is 1. The highest BCUT2D eigenvalue weighted by Gasteiger charge is 2.22. The van der Waals surface area contributed by atoms with Crippen LogP contribution < -0.4 is 5.56 Å². The molecule has 1 aromatic heterocycles. The molecule has 0 bridgehead atoms. The quantitative estimate of drug-likeness (QED) is 0.834. The highest BCUT2D eigenvalue weighted by atomic mass is 16.5. The molecule has 0 spiro atoms. The zero-order chi connectivity index (χ0) is 16.2. The van der Waals surface area contributed by atoms with E-state index in [2.05, 4.69) is 4.98 Å². The van der Waals surface area contributed by atoms with E-state index in [9.17, 15) is 9.59 Å². The topological polar surface area (TPSA) is 64.4 Å². The zero-order valence-electron chi connectivity index (χ0n) is 13.3. The average molecular weight is 315 g/mol. The van der Waals surface area contributed by atoms with Gasteiger partial charge < -0.3 is 9.64 Å². The SMILES string of the molecule is CCN(C[C@H]1CCOC1)C(=O)Cn1cnc2ccccc2c1=O. The number of aromatic nitrogens is 2. The van der Waals surface area contributed by atoms with Gasteiger partial charge in [-0.25, -0.2) is 4.98 Å². The number of hydrogen-bond acceptors (Lipinski definition) is 4. The number of hydrogen-bond donors (Lipinski definition) is 0. The maximum absolute atomic E-state index is 12.5. The Morgan fingerprint density at radius 3 is 3.00 bits per heavy atom. The monoisotopic (exact) mass is 315 g/mol. The fourth-order valence-electron chi connectivity index (χ4n) is 2.91. The molecule has 0 aliphatic carbocycles. The van der Waals surface area contributed by atoms with Gasteiger partial charge in [0.2, 0.25) is 5.91 Å². The van der Waals surface area contributed by atoms with Crippen molar-refractivity contribution in [2.24, 2.45) is 5.92 Å². The van der Waals surface area contributed by atoms with Crippen LogP contribution in [0.15, 0.2) is 35.4 Å². The second-order valence-electron chi connectivity index (χ2n) is 5.86. The third-order valence-electron chi connectivity index (χ3n) is 4.27. The number of para-hydroxylation sites is 1. The summed E-state index contributed by atoms with van der Waals surface area (Å²) >= 11 is 0. The number of rotatable bonds is 5. The summed E-state index contributed by atoms with van der Waals surface area (Å²) in [5, 5.41) is 0.537. The Kier molecular flexibility index (Phi) is 4.71. The lowest BCUT2D eigenvalue weighted by atomic mass is 10.1. The molecule has 3 rings (SSSR count). The number of carbonyl (C=O) groups is 1. The number of nitrogens with zero attached hydrogens (tertiary/aromatic N) is 3. The molecule has 1 amide bonds. The summed E-state index contributed by atoms with van der Waals surface area (Å²) in [7, 11) is 0.